The number of amides is 1. The molecule has 0 aliphatic heterocycles. The minimum absolute atomic E-state index is 0.0401. The lowest BCUT2D eigenvalue weighted by Gasteiger charge is -2.29. The Hall–Kier alpha value is -2.31. The van der Waals surface area contributed by atoms with Gasteiger partial charge in [-0.1, -0.05) is 39.3 Å². The van der Waals surface area contributed by atoms with Crippen LogP contribution in [0.4, 0.5) is 4.39 Å². The number of nitrogens with one attached hydrogen (secondary N) is 2. The zero-order valence-corrected chi connectivity index (χ0v) is 17.1. The molecule has 152 valence electrons. The molecule has 0 unspecified atom stereocenters. The third-order valence-corrected chi connectivity index (χ3v) is 4.89. The molecular formula is C22H30FN3O2. The number of nitrogens with zero attached hydrogens (tertiary/aromatic N) is 1. The van der Waals surface area contributed by atoms with E-state index in [9.17, 15) is 14.3 Å². The van der Waals surface area contributed by atoms with E-state index in [1.807, 2.05) is 19.9 Å². The first-order chi connectivity index (χ1) is 13.2. The van der Waals surface area contributed by atoms with E-state index in [0.29, 0.717) is 17.8 Å². The van der Waals surface area contributed by atoms with Crippen molar-refractivity contribution < 1.29 is 14.3 Å². The molecule has 0 radical (unpaired) electrons. The molecule has 5 nitrogen and oxygen atoms in total. The molecule has 0 spiro atoms. The number of hydrogen-bond donors (Lipinski definition) is 3. The van der Waals surface area contributed by atoms with Gasteiger partial charge in [0.05, 0.1) is 11.4 Å². The summed E-state index contributed by atoms with van der Waals surface area (Å²) in [6, 6.07) is 10.1. The lowest BCUT2D eigenvalue weighted by molar-refractivity contribution is -0.0219. The molecule has 2 rings (SSSR count). The summed E-state index contributed by atoms with van der Waals surface area (Å²) in [6.45, 7) is 8.22. The van der Waals surface area contributed by atoms with E-state index in [2.05, 4.69) is 22.5 Å². The van der Waals surface area contributed by atoms with Crippen molar-refractivity contribution in [3.05, 3.63) is 53.5 Å². The number of hydrogen-bond acceptors (Lipinski definition) is 4. The molecule has 0 aliphatic rings. The molecule has 0 fully saturated rings. The van der Waals surface area contributed by atoms with Crippen molar-refractivity contribution in [1.29, 1.82) is 0 Å². The summed E-state index contributed by atoms with van der Waals surface area (Å²) in [6.07, 6.45) is 1.95. The molecule has 1 heterocycles. The number of carbonyl (C=O) groups excluding carboxylic acids is 1. The first kappa shape index (κ1) is 22.0. The molecule has 1 aromatic heterocycles. The summed E-state index contributed by atoms with van der Waals surface area (Å²) >= 11 is 0. The molecule has 3 N–H and O–H groups in total. The maximum Gasteiger partial charge on any atom is 0.251 e. The summed E-state index contributed by atoms with van der Waals surface area (Å²) < 4.78 is 14.2. The number of pyridine rings is 1. The van der Waals surface area contributed by atoms with Crippen molar-refractivity contribution in [2.24, 2.45) is 5.92 Å². The van der Waals surface area contributed by atoms with Crippen LogP contribution in [-0.2, 0) is 6.54 Å². The van der Waals surface area contributed by atoms with Gasteiger partial charge >= 0.3 is 0 Å². The number of rotatable bonds is 9. The number of halogens is 1. The molecule has 1 amide bonds. The topological polar surface area (TPSA) is 74.2 Å². The number of aromatic nitrogens is 1. The van der Waals surface area contributed by atoms with Crippen LogP contribution in [0, 0.1) is 11.7 Å². The molecule has 1 atom stereocenters. The van der Waals surface area contributed by atoms with Crippen molar-refractivity contribution in [3.63, 3.8) is 0 Å². The van der Waals surface area contributed by atoms with Crippen LogP contribution in [0.5, 0.6) is 0 Å². The predicted octanol–water partition coefficient (Wildman–Crippen LogP) is 3.87. The Morgan fingerprint density at radius 2 is 2.04 bits per heavy atom. The van der Waals surface area contributed by atoms with Crippen LogP contribution < -0.4 is 10.6 Å². The molecule has 0 aliphatic carbocycles. The van der Waals surface area contributed by atoms with Crippen LogP contribution in [0.3, 0.4) is 0 Å². The summed E-state index contributed by atoms with van der Waals surface area (Å²) in [5.41, 5.74) is 0.949. The van der Waals surface area contributed by atoms with E-state index >= 15 is 0 Å². The van der Waals surface area contributed by atoms with E-state index in [0.717, 1.165) is 18.4 Å². The normalized spacial score (nSPS) is 13.4. The average Bonchev–Trinajstić information content (AvgIpc) is 2.67. The fraction of sp³-hybridized carbons (Fsp3) is 0.455. The van der Waals surface area contributed by atoms with Crippen molar-refractivity contribution >= 4 is 5.91 Å². The van der Waals surface area contributed by atoms with Gasteiger partial charge in [0, 0.05) is 24.2 Å². The van der Waals surface area contributed by atoms with E-state index in [4.69, 9.17) is 0 Å². The molecule has 0 saturated carbocycles. The Balaban J connectivity index is 2.19. The van der Waals surface area contributed by atoms with Crippen molar-refractivity contribution in [2.75, 3.05) is 6.54 Å². The highest BCUT2D eigenvalue weighted by atomic mass is 19.1. The lowest BCUT2D eigenvalue weighted by atomic mass is 10.0. The van der Waals surface area contributed by atoms with Gasteiger partial charge in [-0.2, -0.15) is 0 Å². The van der Waals surface area contributed by atoms with Crippen molar-refractivity contribution in [3.8, 4) is 11.3 Å². The molecule has 0 bridgehead atoms. The van der Waals surface area contributed by atoms with Gasteiger partial charge in [0.2, 0.25) is 0 Å². The van der Waals surface area contributed by atoms with Gasteiger partial charge in [-0.05, 0) is 43.5 Å². The second kappa shape index (κ2) is 9.75. The molecular weight excluding hydrogens is 357 g/mol. The summed E-state index contributed by atoms with van der Waals surface area (Å²) in [5, 5.41) is 16.1. The van der Waals surface area contributed by atoms with Crippen molar-refractivity contribution in [1.82, 2.24) is 15.6 Å². The van der Waals surface area contributed by atoms with E-state index < -0.39 is 11.5 Å². The maximum absolute atomic E-state index is 14.2. The number of benzene rings is 1. The monoisotopic (exact) mass is 387 g/mol. The highest BCUT2D eigenvalue weighted by Crippen LogP contribution is 2.21. The van der Waals surface area contributed by atoms with Crippen LogP contribution in [0.15, 0.2) is 36.4 Å². The van der Waals surface area contributed by atoms with Gasteiger partial charge in [0.25, 0.3) is 5.91 Å². The molecule has 2 aromatic rings. The largest absolute Gasteiger partial charge is 0.376 e. The zero-order valence-electron chi connectivity index (χ0n) is 17.1. The second-order valence-corrected chi connectivity index (χ2v) is 7.47. The SMILES string of the molecule is CCCCNC(=O)c1cccc(-c2ccc(F)c(CN[C@](C)(O)C(C)C)n2)c1. The fourth-order valence-corrected chi connectivity index (χ4v) is 2.54. The number of carbonyl (C=O) groups is 1. The predicted molar refractivity (Wildman–Crippen MR) is 109 cm³/mol. The van der Waals surface area contributed by atoms with Gasteiger partial charge in [-0.15, -0.1) is 0 Å². The summed E-state index contributed by atoms with van der Waals surface area (Å²) in [5.74, 6) is -0.613. The lowest BCUT2D eigenvalue weighted by Crippen LogP contribution is -2.46. The first-order valence-electron chi connectivity index (χ1n) is 9.76. The third kappa shape index (κ3) is 5.84. The Morgan fingerprint density at radius 3 is 2.71 bits per heavy atom. The van der Waals surface area contributed by atoms with Crippen LogP contribution in [-0.4, -0.2) is 28.3 Å². The van der Waals surface area contributed by atoms with Crippen LogP contribution in [0.25, 0.3) is 11.3 Å². The van der Waals surface area contributed by atoms with Crippen molar-refractivity contribution in [2.45, 2.75) is 52.8 Å². The van der Waals surface area contributed by atoms with E-state index in [-0.39, 0.29) is 24.1 Å². The highest BCUT2D eigenvalue weighted by Gasteiger charge is 2.24. The van der Waals surface area contributed by atoms with Crippen LogP contribution in [0.1, 0.15) is 56.6 Å². The first-order valence-corrected chi connectivity index (χ1v) is 9.76. The van der Waals surface area contributed by atoms with Gasteiger partial charge in [-0.25, -0.2) is 9.37 Å². The van der Waals surface area contributed by atoms with Crippen LogP contribution in [0.2, 0.25) is 0 Å². The average molecular weight is 387 g/mol. The molecule has 0 saturated heterocycles. The third-order valence-electron chi connectivity index (χ3n) is 4.89. The fourth-order valence-electron chi connectivity index (χ4n) is 2.54. The van der Waals surface area contributed by atoms with Gasteiger partial charge in [0.15, 0.2) is 0 Å². The Kier molecular flexibility index (Phi) is 7.66. The smallest absolute Gasteiger partial charge is 0.251 e. The minimum Gasteiger partial charge on any atom is -0.376 e. The summed E-state index contributed by atoms with van der Waals surface area (Å²) in [4.78, 5) is 16.7. The minimum atomic E-state index is -1.12. The van der Waals surface area contributed by atoms with Gasteiger partial charge < -0.3 is 10.4 Å². The zero-order chi connectivity index (χ0) is 20.7. The molecule has 28 heavy (non-hydrogen) atoms. The Labute approximate surface area is 166 Å². The van der Waals surface area contributed by atoms with Gasteiger partial charge in [-0.3, -0.25) is 10.1 Å². The molecule has 1 aromatic carbocycles. The van der Waals surface area contributed by atoms with Crippen LogP contribution >= 0.6 is 0 Å². The highest BCUT2D eigenvalue weighted by molar-refractivity contribution is 5.95. The standard InChI is InChI=1S/C22H30FN3O2/c1-5-6-12-24-21(27)17-9-7-8-16(13-17)19-11-10-18(23)20(26-19)14-25-22(4,28)15(2)3/h7-11,13,15,25,28H,5-6,12,14H2,1-4H3,(H,24,27)/t22-/m1/s1. The second-order valence-electron chi connectivity index (χ2n) is 7.47. The van der Waals surface area contributed by atoms with Gasteiger partial charge in [0.1, 0.15) is 11.5 Å². The Morgan fingerprint density at radius 1 is 1.29 bits per heavy atom. The molecule has 6 heteroatoms. The maximum atomic E-state index is 14.2. The van der Waals surface area contributed by atoms with E-state index in [1.165, 1.54) is 6.07 Å². The Bertz CT molecular complexity index is 806. The number of aliphatic hydroxyl groups is 1. The number of unbranched alkanes of at least 4 members (excludes halogenated alkanes) is 1. The van der Waals surface area contributed by atoms with E-state index in [1.54, 1.807) is 31.2 Å². The quantitative estimate of drug-likeness (QED) is 0.451. The summed E-state index contributed by atoms with van der Waals surface area (Å²) in [7, 11) is 0.